The smallest absolute Gasteiger partial charge is 0.242 e. The summed E-state index contributed by atoms with van der Waals surface area (Å²) in [6.45, 7) is 0. The molecule has 0 bridgehead atoms. The molecule has 1 aliphatic rings. The minimum Gasteiger partial charge on any atom is -0.393 e. The summed E-state index contributed by atoms with van der Waals surface area (Å²) in [7, 11) is 0.0585. The Balaban J connectivity index is 2.25. The van der Waals surface area contributed by atoms with Crippen molar-refractivity contribution in [3.05, 3.63) is 22.7 Å². The summed E-state index contributed by atoms with van der Waals surface area (Å²) >= 11 is 3.33. The highest BCUT2D eigenvalue weighted by atomic mass is 79.9. The first-order chi connectivity index (χ1) is 9.79. The molecule has 0 heterocycles. The fourth-order valence-corrected chi connectivity index (χ4v) is 4.67. The van der Waals surface area contributed by atoms with E-state index in [1.807, 2.05) is 20.2 Å². The Morgan fingerprint density at radius 2 is 1.86 bits per heavy atom. The monoisotopic (exact) mass is 376 g/mol. The lowest BCUT2D eigenvalue weighted by atomic mass is 9.94. The molecule has 118 valence electrons. The third-order valence-electron chi connectivity index (χ3n) is 3.71. The molecule has 1 saturated carbocycles. The summed E-state index contributed by atoms with van der Waals surface area (Å²) in [4.78, 5) is 2.05. The number of hydrogen-bond acceptors (Lipinski definition) is 4. The summed E-state index contributed by atoms with van der Waals surface area (Å²) in [5.41, 5.74) is 0.654. The van der Waals surface area contributed by atoms with E-state index in [0.29, 0.717) is 31.4 Å². The molecule has 7 heteroatoms. The van der Waals surface area contributed by atoms with E-state index < -0.39 is 10.0 Å². The number of sulfonamides is 1. The van der Waals surface area contributed by atoms with Gasteiger partial charge in [-0.2, -0.15) is 0 Å². The fraction of sp³-hybridized carbons (Fsp3) is 0.571. The van der Waals surface area contributed by atoms with Gasteiger partial charge in [0.15, 0.2) is 0 Å². The number of aliphatic hydroxyl groups excluding tert-OH is 1. The predicted molar refractivity (Wildman–Crippen MR) is 87.1 cm³/mol. The Labute approximate surface area is 134 Å². The maximum atomic E-state index is 12.6. The van der Waals surface area contributed by atoms with Crippen molar-refractivity contribution in [2.24, 2.45) is 0 Å². The number of benzene rings is 1. The lowest BCUT2D eigenvalue weighted by Gasteiger charge is -2.27. The van der Waals surface area contributed by atoms with Crippen LogP contribution >= 0.6 is 15.9 Å². The summed E-state index contributed by atoms with van der Waals surface area (Å²) in [5, 5.41) is 9.51. The molecule has 0 saturated heterocycles. The number of halogens is 1. The van der Waals surface area contributed by atoms with Gasteiger partial charge in [-0.1, -0.05) is 15.9 Å². The number of nitrogens with one attached hydrogen (secondary N) is 1. The highest BCUT2D eigenvalue weighted by Gasteiger charge is 2.27. The maximum Gasteiger partial charge on any atom is 0.242 e. The van der Waals surface area contributed by atoms with Gasteiger partial charge < -0.3 is 10.0 Å². The van der Waals surface area contributed by atoms with E-state index in [1.165, 1.54) is 0 Å². The molecule has 0 aromatic heterocycles. The molecule has 0 amide bonds. The van der Waals surface area contributed by atoms with Gasteiger partial charge in [0.2, 0.25) is 10.0 Å². The van der Waals surface area contributed by atoms with Crippen LogP contribution in [0.2, 0.25) is 0 Å². The summed E-state index contributed by atoms with van der Waals surface area (Å²) < 4.78 is 28.8. The molecule has 2 N–H and O–H groups in total. The van der Waals surface area contributed by atoms with Gasteiger partial charge in [0.05, 0.1) is 11.8 Å². The van der Waals surface area contributed by atoms with Gasteiger partial charge in [-0.3, -0.25) is 0 Å². The van der Waals surface area contributed by atoms with E-state index in [-0.39, 0.29) is 17.0 Å². The van der Waals surface area contributed by atoms with Crippen LogP contribution in [0.5, 0.6) is 0 Å². The van der Waals surface area contributed by atoms with Crippen molar-refractivity contribution in [1.29, 1.82) is 0 Å². The minimum atomic E-state index is -3.58. The molecular formula is C14H21BrN2O3S. The van der Waals surface area contributed by atoms with Crippen molar-refractivity contribution < 1.29 is 13.5 Å². The maximum absolute atomic E-state index is 12.6. The quantitative estimate of drug-likeness (QED) is 0.843. The second-order valence-electron chi connectivity index (χ2n) is 5.63. The number of rotatable bonds is 4. The van der Waals surface area contributed by atoms with E-state index in [9.17, 15) is 13.5 Å². The lowest BCUT2D eigenvalue weighted by molar-refractivity contribution is 0.120. The normalized spacial score (nSPS) is 23.0. The lowest BCUT2D eigenvalue weighted by Crippen LogP contribution is -2.39. The number of aliphatic hydroxyl groups is 1. The van der Waals surface area contributed by atoms with Crippen molar-refractivity contribution in [3.63, 3.8) is 0 Å². The number of hydrogen-bond donors (Lipinski definition) is 2. The van der Waals surface area contributed by atoms with Gasteiger partial charge in [-0.25, -0.2) is 13.1 Å². The molecule has 2 rings (SSSR count). The Morgan fingerprint density at radius 1 is 1.24 bits per heavy atom. The van der Waals surface area contributed by atoms with E-state index >= 15 is 0 Å². The zero-order chi connectivity index (χ0) is 15.6. The van der Waals surface area contributed by atoms with E-state index in [1.54, 1.807) is 17.0 Å². The van der Waals surface area contributed by atoms with Crippen LogP contribution in [0.4, 0.5) is 5.69 Å². The molecule has 0 aliphatic heterocycles. The third kappa shape index (κ3) is 4.18. The molecule has 21 heavy (non-hydrogen) atoms. The first-order valence-electron chi connectivity index (χ1n) is 6.97. The zero-order valence-electron chi connectivity index (χ0n) is 12.2. The molecule has 0 atom stereocenters. The zero-order valence-corrected chi connectivity index (χ0v) is 14.6. The average molecular weight is 377 g/mol. The van der Waals surface area contributed by atoms with Crippen molar-refractivity contribution >= 4 is 31.6 Å². The number of nitrogens with zero attached hydrogens (tertiary/aromatic N) is 1. The van der Waals surface area contributed by atoms with Crippen LogP contribution in [0.25, 0.3) is 0 Å². The van der Waals surface area contributed by atoms with Gasteiger partial charge in [0.1, 0.15) is 4.90 Å². The van der Waals surface area contributed by atoms with Crippen molar-refractivity contribution in [2.45, 2.75) is 42.7 Å². The Kier molecular flexibility index (Phi) is 5.29. The molecule has 1 aromatic carbocycles. The van der Waals surface area contributed by atoms with E-state index in [0.717, 1.165) is 4.47 Å². The van der Waals surface area contributed by atoms with Gasteiger partial charge in [-0.15, -0.1) is 0 Å². The standard InChI is InChI=1S/C14H21BrN2O3S/c1-17(2)13-8-3-10(15)9-14(13)21(19,20)16-11-4-6-12(18)7-5-11/h3,8-9,11-12,16,18H,4-7H2,1-2H3/t11-,12+. The second-order valence-corrected chi connectivity index (χ2v) is 8.23. The second kappa shape index (κ2) is 6.64. The van der Waals surface area contributed by atoms with Crippen LogP contribution < -0.4 is 9.62 Å². The average Bonchev–Trinajstić information content (AvgIpc) is 2.41. The molecule has 0 spiro atoms. The SMILES string of the molecule is CN(C)c1ccc(Br)cc1S(=O)(=O)N[C@H]1CC[C@@H](O)CC1. The molecule has 1 aromatic rings. The summed E-state index contributed by atoms with van der Waals surface area (Å²) in [6.07, 6.45) is 2.34. The van der Waals surface area contributed by atoms with Gasteiger partial charge in [0.25, 0.3) is 0 Å². The highest BCUT2D eigenvalue weighted by Crippen LogP contribution is 2.28. The van der Waals surface area contributed by atoms with Crippen molar-refractivity contribution in [3.8, 4) is 0 Å². The predicted octanol–water partition coefficient (Wildman–Crippen LogP) is 2.10. The molecular weight excluding hydrogens is 356 g/mol. The van der Waals surface area contributed by atoms with Crippen LogP contribution in [0.3, 0.4) is 0 Å². The molecule has 0 radical (unpaired) electrons. The van der Waals surface area contributed by atoms with E-state index in [2.05, 4.69) is 20.7 Å². The van der Waals surface area contributed by atoms with Crippen LogP contribution in [0, 0.1) is 0 Å². The first-order valence-corrected chi connectivity index (χ1v) is 9.24. The van der Waals surface area contributed by atoms with Gasteiger partial charge in [0, 0.05) is 24.6 Å². The largest absolute Gasteiger partial charge is 0.393 e. The topological polar surface area (TPSA) is 69.6 Å². The third-order valence-corrected chi connectivity index (χ3v) is 5.75. The Morgan fingerprint density at radius 3 is 2.43 bits per heavy atom. The molecule has 1 fully saturated rings. The Hall–Kier alpha value is -0.630. The first kappa shape index (κ1) is 16.7. The number of anilines is 1. The van der Waals surface area contributed by atoms with Gasteiger partial charge >= 0.3 is 0 Å². The van der Waals surface area contributed by atoms with Crippen LogP contribution in [-0.4, -0.2) is 39.8 Å². The minimum absolute atomic E-state index is 0.104. The Bertz CT molecular complexity index is 596. The van der Waals surface area contributed by atoms with E-state index in [4.69, 9.17) is 0 Å². The van der Waals surface area contributed by atoms with Gasteiger partial charge in [-0.05, 0) is 43.9 Å². The molecule has 0 unspecified atom stereocenters. The molecule has 1 aliphatic carbocycles. The summed E-state index contributed by atoms with van der Waals surface area (Å²) in [6, 6.07) is 5.12. The summed E-state index contributed by atoms with van der Waals surface area (Å²) in [5.74, 6) is 0. The molecule has 5 nitrogen and oxygen atoms in total. The van der Waals surface area contributed by atoms with Crippen LogP contribution in [0.1, 0.15) is 25.7 Å². The fourth-order valence-electron chi connectivity index (χ4n) is 2.55. The van der Waals surface area contributed by atoms with Crippen molar-refractivity contribution in [2.75, 3.05) is 19.0 Å². The van der Waals surface area contributed by atoms with Crippen molar-refractivity contribution in [1.82, 2.24) is 4.72 Å². The highest BCUT2D eigenvalue weighted by molar-refractivity contribution is 9.10. The van der Waals surface area contributed by atoms with Crippen LogP contribution in [-0.2, 0) is 10.0 Å². The van der Waals surface area contributed by atoms with Crippen LogP contribution in [0.15, 0.2) is 27.6 Å².